The number of nitrogens with zero attached hydrogens (tertiary/aromatic N) is 1. The van der Waals surface area contributed by atoms with Crippen molar-refractivity contribution in [1.82, 2.24) is 15.2 Å². The van der Waals surface area contributed by atoms with Gasteiger partial charge in [-0.15, -0.1) is 0 Å². The molecule has 1 aliphatic rings. The largest absolute Gasteiger partial charge is 0.497 e. The van der Waals surface area contributed by atoms with Crippen LogP contribution in [-0.4, -0.2) is 74.7 Å². The SMILES string of the molecule is COc1ccc2c(C(=O)C(=O)N(CC(=O)NCCS(C)(=O)=O)CC3CCCCC3)c[nH]c2c1. The number of amides is 2. The van der Waals surface area contributed by atoms with Gasteiger partial charge in [-0.25, -0.2) is 8.42 Å². The molecule has 2 N–H and O–H groups in total. The van der Waals surface area contributed by atoms with Crippen LogP contribution in [0.3, 0.4) is 0 Å². The maximum Gasteiger partial charge on any atom is 0.295 e. The molecule has 33 heavy (non-hydrogen) atoms. The number of sulfone groups is 1. The molecule has 1 saturated carbocycles. The van der Waals surface area contributed by atoms with E-state index >= 15 is 0 Å². The predicted octanol–water partition coefficient (Wildman–Crippen LogP) is 1.93. The lowest BCUT2D eigenvalue weighted by Gasteiger charge is -2.29. The Morgan fingerprint density at radius 2 is 1.91 bits per heavy atom. The van der Waals surface area contributed by atoms with Crippen molar-refractivity contribution in [3.8, 4) is 5.75 Å². The molecule has 0 radical (unpaired) electrons. The molecule has 0 unspecified atom stereocenters. The van der Waals surface area contributed by atoms with Gasteiger partial charge in [-0.3, -0.25) is 14.4 Å². The summed E-state index contributed by atoms with van der Waals surface area (Å²) in [4.78, 5) is 43.1. The van der Waals surface area contributed by atoms with Gasteiger partial charge in [0.1, 0.15) is 15.6 Å². The highest BCUT2D eigenvalue weighted by Crippen LogP contribution is 2.26. The van der Waals surface area contributed by atoms with E-state index in [9.17, 15) is 22.8 Å². The van der Waals surface area contributed by atoms with Gasteiger partial charge in [0.25, 0.3) is 11.7 Å². The zero-order chi connectivity index (χ0) is 24.0. The summed E-state index contributed by atoms with van der Waals surface area (Å²) in [5.74, 6) is -1.25. The molecular formula is C23H31N3O6S. The summed E-state index contributed by atoms with van der Waals surface area (Å²) in [6.45, 7) is -0.0113. The number of nitrogens with one attached hydrogen (secondary N) is 2. The Hall–Kier alpha value is -2.88. The Balaban J connectivity index is 1.76. The van der Waals surface area contributed by atoms with Crippen LogP contribution in [-0.2, 0) is 19.4 Å². The van der Waals surface area contributed by atoms with Crippen molar-refractivity contribution in [2.75, 3.05) is 38.8 Å². The standard InChI is InChI=1S/C23H31N3O6S/c1-32-17-8-9-18-19(13-25-20(18)12-17)22(28)23(29)26(14-16-6-4-3-5-7-16)15-21(27)24-10-11-33(2,30)31/h8-9,12-13,16,25H,3-7,10-11,14-15H2,1-2H3,(H,24,27). The molecule has 180 valence electrons. The third kappa shape index (κ3) is 6.80. The van der Waals surface area contributed by atoms with Crippen LogP contribution >= 0.6 is 0 Å². The number of ketones is 1. The maximum atomic E-state index is 13.2. The number of carbonyl (C=O) groups excluding carboxylic acids is 3. The number of hydrogen-bond acceptors (Lipinski definition) is 6. The lowest BCUT2D eigenvalue weighted by atomic mass is 9.89. The second kappa shape index (κ2) is 10.8. The van der Waals surface area contributed by atoms with Crippen molar-refractivity contribution < 1.29 is 27.5 Å². The van der Waals surface area contributed by atoms with Gasteiger partial charge in [0.2, 0.25) is 5.91 Å². The first-order valence-electron chi connectivity index (χ1n) is 11.1. The summed E-state index contributed by atoms with van der Waals surface area (Å²) in [5, 5.41) is 3.14. The van der Waals surface area contributed by atoms with E-state index in [1.165, 1.54) is 11.1 Å². The Morgan fingerprint density at radius 3 is 2.58 bits per heavy atom. The Kier molecular flexibility index (Phi) is 8.12. The molecule has 1 aromatic heterocycles. The molecule has 0 spiro atoms. The van der Waals surface area contributed by atoms with E-state index in [4.69, 9.17) is 4.74 Å². The highest BCUT2D eigenvalue weighted by molar-refractivity contribution is 7.90. The minimum absolute atomic E-state index is 0.0403. The summed E-state index contributed by atoms with van der Waals surface area (Å²) in [6, 6.07) is 5.17. The minimum atomic E-state index is -3.22. The summed E-state index contributed by atoms with van der Waals surface area (Å²) < 4.78 is 27.8. The van der Waals surface area contributed by atoms with Gasteiger partial charge in [0.15, 0.2) is 0 Å². The average molecular weight is 478 g/mol. The van der Waals surface area contributed by atoms with E-state index in [0.29, 0.717) is 23.2 Å². The van der Waals surface area contributed by atoms with Gasteiger partial charge in [-0.05, 0) is 30.9 Å². The van der Waals surface area contributed by atoms with Crippen molar-refractivity contribution >= 4 is 38.3 Å². The van der Waals surface area contributed by atoms with Crippen LogP contribution in [0.2, 0.25) is 0 Å². The molecule has 0 bridgehead atoms. The zero-order valence-corrected chi connectivity index (χ0v) is 19.9. The molecule has 2 aromatic rings. The minimum Gasteiger partial charge on any atom is -0.497 e. The van der Waals surface area contributed by atoms with Crippen molar-refractivity contribution in [2.45, 2.75) is 32.1 Å². The smallest absolute Gasteiger partial charge is 0.295 e. The summed E-state index contributed by atoms with van der Waals surface area (Å²) >= 11 is 0. The summed E-state index contributed by atoms with van der Waals surface area (Å²) in [6.07, 6.45) is 7.75. The number of aromatic nitrogens is 1. The Labute approximate surface area is 193 Å². The fourth-order valence-electron chi connectivity index (χ4n) is 4.18. The number of benzene rings is 1. The predicted molar refractivity (Wildman–Crippen MR) is 125 cm³/mol. The van der Waals surface area contributed by atoms with Crippen molar-refractivity contribution in [3.63, 3.8) is 0 Å². The molecule has 2 amide bonds. The van der Waals surface area contributed by atoms with Crippen LogP contribution in [0.4, 0.5) is 0 Å². The third-order valence-electron chi connectivity index (χ3n) is 5.95. The molecular weight excluding hydrogens is 446 g/mol. The highest BCUT2D eigenvalue weighted by Gasteiger charge is 2.29. The third-order valence-corrected chi connectivity index (χ3v) is 6.89. The molecule has 0 aliphatic heterocycles. The van der Waals surface area contributed by atoms with Crippen LogP contribution < -0.4 is 10.1 Å². The molecule has 3 rings (SSSR count). The molecule has 10 heteroatoms. The second-order valence-corrected chi connectivity index (χ2v) is 10.9. The number of Topliss-reactive ketones (excluding diaryl/α,β-unsaturated/α-hetero) is 1. The molecule has 9 nitrogen and oxygen atoms in total. The van der Waals surface area contributed by atoms with Gasteiger partial charge >= 0.3 is 0 Å². The van der Waals surface area contributed by atoms with Gasteiger partial charge in [0.05, 0.1) is 25.0 Å². The van der Waals surface area contributed by atoms with Crippen LogP contribution in [0, 0.1) is 5.92 Å². The molecule has 1 aliphatic carbocycles. The van der Waals surface area contributed by atoms with Gasteiger partial charge in [-0.1, -0.05) is 19.3 Å². The van der Waals surface area contributed by atoms with Crippen LogP contribution in [0.25, 0.3) is 10.9 Å². The second-order valence-electron chi connectivity index (χ2n) is 8.61. The van der Waals surface area contributed by atoms with E-state index in [0.717, 1.165) is 38.4 Å². The molecule has 1 heterocycles. The van der Waals surface area contributed by atoms with E-state index in [2.05, 4.69) is 10.3 Å². The highest BCUT2D eigenvalue weighted by atomic mass is 32.2. The van der Waals surface area contributed by atoms with E-state index < -0.39 is 27.4 Å². The molecule has 1 aromatic carbocycles. The number of carbonyl (C=O) groups is 3. The normalized spacial score (nSPS) is 14.7. The first kappa shape index (κ1) is 24.8. The first-order chi connectivity index (χ1) is 15.7. The van der Waals surface area contributed by atoms with Crippen LogP contribution in [0.5, 0.6) is 5.75 Å². The summed E-state index contributed by atoms with van der Waals surface area (Å²) in [7, 11) is -1.67. The monoisotopic (exact) mass is 477 g/mol. The lowest BCUT2D eigenvalue weighted by Crippen LogP contribution is -2.46. The van der Waals surface area contributed by atoms with Crippen LogP contribution in [0.1, 0.15) is 42.5 Å². The van der Waals surface area contributed by atoms with E-state index in [-0.39, 0.29) is 30.3 Å². The van der Waals surface area contributed by atoms with Crippen LogP contribution in [0.15, 0.2) is 24.4 Å². The maximum absolute atomic E-state index is 13.2. The number of rotatable bonds is 10. The number of fused-ring (bicyclic) bond motifs is 1. The van der Waals surface area contributed by atoms with E-state index in [1.807, 2.05) is 0 Å². The van der Waals surface area contributed by atoms with Gasteiger partial charge in [-0.2, -0.15) is 0 Å². The number of ether oxygens (including phenoxy) is 1. The number of H-pyrrole nitrogens is 1. The molecule has 0 atom stereocenters. The van der Waals surface area contributed by atoms with Crippen molar-refractivity contribution in [1.29, 1.82) is 0 Å². The first-order valence-corrected chi connectivity index (χ1v) is 13.2. The molecule has 0 saturated heterocycles. The zero-order valence-electron chi connectivity index (χ0n) is 19.1. The lowest BCUT2D eigenvalue weighted by molar-refractivity contribution is -0.133. The Morgan fingerprint density at radius 1 is 1.18 bits per heavy atom. The van der Waals surface area contributed by atoms with Gasteiger partial charge < -0.3 is 19.9 Å². The number of hydrogen-bond donors (Lipinski definition) is 2. The van der Waals surface area contributed by atoms with Gasteiger partial charge in [0, 0.05) is 42.5 Å². The Bertz CT molecular complexity index is 1120. The fourth-order valence-corrected chi connectivity index (χ4v) is 4.66. The number of aromatic amines is 1. The van der Waals surface area contributed by atoms with Crippen molar-refractivity contribution in [2.24, 2.45) is 5.92 Å². The topological polar surface area (TPSA) is 126 Å². The summed E-state index contributed by atoms with van der Waals surface area (Å²) in [5.41, 5.74) is 0.909. The average Bonchev–Trinajstić information content (AvgIpc) is 3.20. The number of methoxy groups -OCH3 is 1. The van der Waals surface area contributed by atoms with Crippen molar-refractivity contribution in [3.05, 3.63) is 30.0 Å². The van der Waals surface area contributed by atoms with E-state index in [1.54, 1.807) is 25.3 Å². The quantitative estimate of drug-likeness (QED) is 0.398. The fraction of sp³-hybridized carbons (Fsp3) is 0.522. The molecule has 1 fully saturated rings.